The average Bonchev–Trinajstić information content (AvgIpc) is 3.54. The van der Waals surface area contributed by atoms with Crippen molar-refractivity contribution in [3.8, 4) is 0 Å². The average molecular weight is 592 g/mol. The lowest BCUT2D eigenvalue weighted by Gasteiger charge is -2.37. The molecule has 5 rings (SSSR count). The molecule has 0 radical (unpaired) electrons. The highest BCUT2D eigenvalue weighted by molar-refractivity contribution is 8.01. The zero-order chi connectivity index (χ0) is 28.9. The fourth-order valence-corrected chi connectivity index (χ4v) is 9.41. The molecule has 2 atom stereocenters. The Bertz CT molecular complexity index is 1320. The van der Waals surface area contributed by atoms with Crippen LogP contribution in [-0.2, 0) is 19.7 Å². The van der Waals surface area contributed by atoms with Crippen molar-refractivity contribution >= 4 is 28.1 Å². The van der Waals surface area contributed by atoms with E-state index in [1.165, 1.54) is 8.61 Å². The van der Waals surface area contributed by atoms with E-state index in [-0.39, 0.29) is 24.4 Å². The van der Waals surface area contributed by atoms with Crippen molar-refractivity contribution < 1.29 is 17.9 Å². The number of benzene rings is 3. The maximum absolute atomic E-state index is 13.3. The second-order valence-corrected chi connectivity index (χ2v) is 13.7. The van der Waals surface area contributed by atoms with Crippen molar-refractivity contribution in [3.63, 3.8) is 0 Å². The number of ether oxygens (including phenoxy) is 1. The highest BCUT2D eigenvalue weighted by atomic mass is 32.2. The lowest BCUT2D eigenvalue weighted by Crippen LogP contribution is -2.45. The minimum Gasteiger partial charge on any atom is -0.445 e. The van der Waals surface area contributed by atoms with Crippen LogP contribution >= 0.6 is 11.8 Å². The molecule has 1 amide bonds. The second-order valence-electron chi connectivity index (χ2n) is 10.3. The standard InChI is InChI=1S/C32H37N3O4S2/c1-3-22-39-31(36)35-25-30(23-29(35)24-34-21-20-33(4-2)41(34,37)38)40-32(26-14-8-5-9-15-26,27-16-10-6-11-17-27)28-18-12-7-13-19-28/h3,5-19,29-30H,1,4,20-25H2,2H3/t29-,30-/m0/s1. The summed E-state index contributed by atoms with van der Waals surface area (Å²) < 4.78 is 34.2. The summed E-state index contributed by atoms with van der Waals surface area (Å²) in [4.78, 5) is 15.0. The number of amides is 1. The lowest BCUT2D eigenvalue weighted by molar-refractivity contribution is 0.104. The normalized spacial score (nSPS) is 21.1. The third kappa shape index (κ3) is 5.95. The molecule has 2 saturated heterocycles. The number of carbonyl (C=O) groups excluding carboxylic acids is 1. The first-order valence-electron chi connectivity index (χ1n) is 14.0. The van der Waals surface area contributed by atoms with Crippen LogP contribution in [0.1, 0.15) is 30.0 Å². The van der Waals surface area contributed by atoms with Gasteiger partial charge in [-0.1, -0.05) is 111 Å². The summed E-state index contributed by atoms with van der Waals surface area (Å²) in [5.74, 6) is 0. The van der Waals surface area contributed by atoms with Crippen LogP contribution < -0.4 is 0 Å². The zero-order valence-corrected chi connectivity index (χ0v) is 25.0. The third-order valence-corrected chi connectivity index (χ3v) is 11.7. The molecule has 0 bridgehead atoms. The molecule has 2 aliphatic rings. The number of hydrogen-bond acceptors (Lipinski definition) is 5. The van der Waals surface area contributed by atoms with Crippen molar-refractivity contribution in [2.45, 2.75) is 29.4 Å². The minimum absolute atomic E-state index is 0.0180. The van der Waals surface area contributed by atoms with Gasteiger partial charge in [-0.15, -0.1) is 11.8 Å². The number of likely N-dealkylation sites (tertiary alicyclic amines) is 1. The van der Waals surface area contributed by atoms with Gasteiger partial charge in [0.1, 0.15) is 6.61 Å². The Morgan fingerprint density at radius 1 is 0.927 bits per heavy atom. The predicted octanol–water partition coefficient (Wildman–Crippen LogP) is 5.36. The molecule has 2 heterocycles. The Morgan fingerprint density at radius 3 is 1.90 bits per heavy atom. The smallest absolute Gasteiger partial charge is 0.410 e. The molecule has 3 aromatic rings. The Hall–Kier alpha value is -3.11. The molecular formula is C32H37N3O4S2. The van der Waals surface area contributed by atoms with Gasteiger partial charge in [0, 0.05) is 38.0 Å². The molecule has 0 saturated carbocycles. The number of hydrogen-bond donors (Lipinski definition) is 0. The van der Waals surface area contributed by atoms with Gasteiger partial charge < -0.3 is 9.64 Å². The Kier molecular flexibility index (Phi) is 9.19. The van der Waals surface area contributed by atoms with E-state index in [2.05, 4.69) is 79.4 Å². The Labute approximate surface area is 248 Å². The molecule has 0 aromatic heterocycles. The molecule has 0 aliphatic carbocycles. The number of carbonyl (C=O) groups is 1. The van der Waals surface area contributed by atoms with Crippen LogP contribution in [0, 0.1) is 0 Å². The Balaban J connectivity index is 1.52. The summed E-state index contributed by atoms with van der Waals surface area (Å²) in [6.07, 6.45) is 1.75. The van der Waals surface area contributed by atoms with Crippen LogP contribution in [-0.4, -0.2) is 78.6 Å². The topological polar surface area (TPSA) is 70.2 Å². The molecule has 7 nitrogen and oxygen atoms in total. The second kappa shape index (κ2) is 12.8. The van der Waals surface area contributed by atoms with Crippen molar-refractivity contribution in [1.82, 2.24) is 13.5 Å². The highest BCUT2D eigenvalue weighted by Crippen LogP contribution is 2.52. The molecular weight excluding hydrogens is 555 g/mol. The van der Waals surface area contributed by atoms with E-state index in [1.54, 1.807) is 11.0 Å². The number of thioether (sulfide) groups is 1. The summed E-state index contributed by atoms with van der Waals surface area (Å²) in [6, 6.07) is 31.1. The van der Waals surface area contributed by atoms with Crippen LogP contribution in [0.4, 0.5) is 4.79 Å². The largest absolute Gasteiger partial charge is 0.445 e. The molecule has 2 fully saturated rings. The quantitative estimate of drug-likeness (QED) is 0.235. The maximum Gasteiger partial charge on any atom is 0.410 e. The van der Waals surface area contributed by atoms with Crippen LogP contribution in [0.15, 0.2) is 104 Å². The van der Waals surface area contributed by atoms with Crippen molar-refractivity contribution in [2.75, 3.05) is 39.3 Å². The van der Waals surface area contributed by atoms with Gasteiger partial charge in [-0.2, -0.15) is 17.0 Å². The number of rotatable bonds is 10. The van der Waals surface area contributed by atoms with Crippen LogP contribution in [0.25, 0.3) is 0 Å². The van der Waals surface area contributed by atoms with Crippen LogP contribution in [0.5, 0.6) is 0 Å². The highest BCUT2D eigenvalue weighted by Gasteiger charge is 2.46. The summed E-state index contributed by atoms with van der Waals surface area (Å²) in [6.45, 7) is 7.63. The molecule has 2 aliphatic heterocycles. The van der Waals surface area contributed by atoms with Gasteiger partial charge >= 0.3 is 6.09 Å². The summed E-state index contributed by atoms with van der Waals surface area (Å²) in [5, 5.41) is 0.0180. The molecule has 9 heteroatoms. The van der Waals surface area contributed by atoms with E-state index in [1.807, 2.05) is 36.9 Å². The Morgan fingerprint density at radius 2 is 1.44 bits per heavy atom. The molecule has 41 heavy (non-hydrogen) atoms. The maximum atomic E-state index is 13.3. The van der Waals surface area contributed by atoms with Crippen molar-refractivity contribution in [2.24, 2.45) is 0 Å². The van der Waals surface area contributed by atoms with Gasteiger partial charge in [0.25, 0.3) is 10.2 Å². The third-order valence-electron chi connectivity index (χ3n) is 7.84. The first-order valence-corrected chi connectivity index (χ1v) is 16.3. The number of likely N-dealkylation sites (N-methyl/N-ethyl adjacent to an activating group) is 1. The fourth-order valence-electron chi connectivity index (χ4n) is 5.90. The van der Waals surface area contributed by atoms with Gasteiger partial charge in [-0.05, 0) is 23.1 Å². The summed E-state index contributed by atoms with van der Waals surface area (Å²) >= 11 is 1.82. The summed E-state index contributed by atoms with van der Waals surface area (Å²) in [7, 11) is -3.55. The molecule has 216 valence electrons. The van der Waals surface area contributed by atoms with Gasteiger partial charge in [-0.3, -0.25) is 0 Å². The van der Waals surface area contributed by atoms with Gasteiger partial charge in [0.15, 0.2) is 0 Å². The zero-order valence-electron chi connectivity index (χ0n) is 23.3. The van der Waals surface area contributed by atoms with E-state index >= 15 is 0 Å². The van der Waals surface area contributed by atoms with E-state index in [4.69, 9.17) is 4.74 Å². The van der Waals surface area contributed by atoms with Crippen molar-refractivity contribution in [3.05, 3.63) is 120 Å². The van der Waals surface area contributed by atoms with E-state index in [0.717, 1.165) is 16.7 Å². The first-order chi connectivity index (χ1) is 19.9. The van der Waals surface area contributed by atoms with E-state index in [9.17, 15) is 13.2 Å². The molecule has 0 N–H and O–H groups in total. The molecule has 0 spiro atoms. The SMILES string of the molecule is C=CCOC(=O)N1C[C@@H](SC(c2ccccc2)(c2ccccc2)c2ccccc2)C[C@H]1CN1CCN(CC)S1(=O)=O. The van der Waals surface area contributed by atoms with Crippen LogP contribution in [0.3, 0.4) is 0 Å². The molecule has 3 aromatic carbocycles. The predicted molar refractivity (Wildman–Crippen MR) is 165 cm³/mol. The van der Waals surface area contributed by atoms with Gasteiger partial charge in [0.2, 0.25) is 0 Å². The minimum atomic E-state index is -3.55. The first kappa shape index (κ1) is 29.4. The fraction of sp³-hybridized carbons (Fsp3) is 0.344. The lowest BCUT2D eigenvalue weighted by atomic mass is 9.84. The van der Waals surface area contributed by atoms with Crippen LogP contribution in [0.2, 0.25) is 0 Å². The van der Waals surface area contributed by atoms with Gasteiger partial charge in [-0.25, -0.2) is 4.79 Å². The summed E-state index contributed by atoms with van der Waals surface area (Å²) in [5.41, 5.74) is 3.44. The van der Waals surface area contributed by atoms with E-state index < -0.39 is 21.0 Å². The van der Waals surface area contributed by atoms with E-state index in [0.29, 0.717) is 32.6 Å². The monoisotopic (exact) mass is 591 g/mol. The van der Waals surface area contributed by atoms with Crippen molar-refractivity contribution in [1.29, 1.82) is 0 Å². The van der Waals surface area contributed by atoms with Gasteiger partial charge in [0.05, 0.1) is 10.8 Å². The number of nitrogens with zero attached hydrogens (tertiary/aromatic N) is 3. The molecule has 0 unspecified atom stereocenters.